The molecule has 1 amide bonds. The van der Waals surface area contributed by atoms with Crippen LogP contribution in [0.3, 0.4) is 0 Å². The minimum Gasteiger partial charge on any atom is -0.497 e. The Morgan fingerprint density at radius 3 is 2.18 bits per heavy atom. The Morgan fingerprint density at radius 2 is 1.56 bits per heavy atom. The molecule has 1 aromatic heterocycles. The summed E-state index contributed by atoms with van der Waals surface area (Å²) in [5, 5.41) is 8.82. The van der Waals surface area contributed by atoms with Crippen LogP contribution >= 0.6 is 0 Å². The number of amides is 1. The van der Waals surface area contributed by atoms with E-state index in [-0.39, 0.29) is 10.8 Å². The van der Waals surface area contributed by atoms with E-state index < -0.39 is 10.0 Å². The third kappa shape index (κ3) is 5.68. The zero-order chi connectivity index (χ0) is 27.4. The van der Waals surface area contributed by atoms with E-state index >= 15 is 0 Å². The summed E-state index contributed by atoms with van der Waals surface area (Å²) in [7, 11) is -0.385. The van der Waals surface area contributed by atoms with Gasteiger partial charge < -0.3 is 24.0 Å². The number of anilines is 1. The number of benzene rings is 2. The Hall–Kier alpha value is -3.74. The van der Waals surface area contributed by atoms with Crippen molar-refractivity contribution in [2.45, 2.75) is 4.90 Å². The summed E-state index contributed by atoms with van der Waals surface area (Å²) in [6.45, 7) is 3.66. The molecule has 2 fully saturated rings. The number of hydrogen-bond donors (Lipinski definition) is 0. The number of sulfonamides is 1. The van der Waals surface area contributed by atoms with Crippen molar-refractivity contribution in [2.24, 2.45) is 0 Å². The first-order valence-electron chi connectivity index (χ1n) is 12.7. The van der Waals surface area contributed by atoms with E-state index in [1.807, 2.05) is 30.3 Å². The van der Waals surface area contributed by atoms with Gasteiger partial charge in [-0.1, -0.05) is 0 Å². The first-order chi connectivity index (χ1) is 18.9. The maximum Gasteiger partial charge on any atom is 0.253 e. The zero-order valence-electron chi connectivity index (χ0n) is 21.9. The van der Waals surface area contributed by atoms with Gasteiger partial charge in [0.2, 0.25) is 10.0 Å². The molecule has 2 aliphatic rings. The van der Waals surface area contributed by atoms with Gasteiger partial charge in [0.15, 0.2) is 5.82 Å². The van der Waals surface area contributed by atoms with Gasteiger partial charge in [-0.25, -0.2) is 8.42 Å². The summed E-state index contributed by atoms with van der Waals surface area (Å²) in [6.07, 6.45) is 0. The molecule has 0 aliphatic carbocycles. The van der Waals surface area contributed by atoms with Crippen molar-refractivity contribution in [2.75, 3.05) is 71.6 Å². The Balaban J connectivity index is 1.20. The number of methoxy groups -OCH3 is 2. The molecule has 0 radical (unpaired) electrons. The third-order valence-electron chi connectivity index (χ3n) is 6.93. The number of morpholine rings is 1. The predicted molar refractivity (Wildman–Crippen MR) is 145 cm³/mol. The Morgan fingerprint density at radius 1 is 0.846 bits per heavy atom. The summed E-state index contributed by atoms with van der Waals surface area (Å²) >= 11 is 0. The topological polar surface area (TPSA) is 114 Å². The van der Waals surface area contributed by atoms with Crippen LogP contribution in [0.1, 0.15) is 10.4 Å². The Kier molecular flexibility index (Phi) is 7.96. The molecule has 5 rings (SSSR count). The van der Waals surface area contributed by atoms with E-state index in [2.05, 4.69) is 15.1 Å². The first-order valence-corrected chi connectivity index (χ1v) is 14.1. The minimum absolute atomic E-state index is 0.128. The van der Waals surface area contributed by atoms with Crippen LogP contribution in [0.15, 0.2) is 59.5 Å². The Bertz CT molecular complexity index is 1400. The molecule has 0 spiro atoms. The molecule has 0 atom stereocenters. The maximum absolute atomic E-state index is 13.1. The summed E-state index contributed by atoms with van der Waals surface area (Å²) < 4.78 is 43.1. The van der Waals surface area contributed by atoms with Crippen molar-refractivity contribution in [3.63, 3.8) is 0 Å². The van der Waals surface area contributed by atoms with Gasteiger partial charge in [0.25, 0.3) is 5.91 Å². The van der Waals surface area contributed by atoms with Crippen molar-refractivity contribution in [3.05, 3.63) is 60.2 Å². The number of aromatic nitrogens is 2. The van der Waals surface area contributed by atoms with Crippen LogP contribution in [-0.4, -0.2) is 100 Å². The molecule has 2 aromatic carbocycles. The molecular weight excluding hydrogens is 522 g/mol. The van der Waals surface area contributed by atoms with Gasteiger partial charge in [-0.15, -0.1) is 10.2 Å². The van der Waals surface area contributed by atoms with Crippen LogP contribution in [0.4, 0.5) is 5.82 Å². The number of carbonyl (C=O) groups is 1. The minimum atomic E-state index is -3.60. The molecule has 0 N–H and O–H groups in total. The second-order valence-electron chi connectivity index (χ2n) is 9.16. The molecule has 12 heteroatoms. The lowest BCUT2D eigenvalue weighted by atomic mass is 10.1. The van der Waals surface area contributed by atoms with E-state index in [1.54, 1.807) is 31.3 Å². The lowest BCUT2D eigenvalue weighted by Gasteiger charge is -2.35. The number of rotatable bonds is 7. The van der Waals surface area contributed by atoms with E-state index in [0.29, 0.717) is 75.2 Å². The van der Waals surface area contributed by atoms with Crippen molar-refractivity contribution in [1.29, 1.82) is 0 Å². The van der Waals surface area contributed by atoms with Crippen molar-refractivity contribution in [3.8, 4) is 22.8 Å². The highest BCUT2D eigenvalue weighted by atomic mass is 32.2. The molecule has 0 saturated carbocycles. The van der Waals surface area contributed by atoms with E-state index in [1.165, 1.54) is 16.4 Å². The van der Waals surface area contributed by atoms with Gasteiger partial charge in [0.05, 0.1) is 38.0 Å². The second-order valence-corrected chi connectivity index (χ2v) is 11.1. The summed E-state index contributed by atoms with van der Waals surface area (Å²) in [4.78, 5) is 17.1. The SMILES string of the molecule is COc1ccc(OC)c(-c2ccc(N3CCN(C(=O)c4ccc(S(=O)(=O)N5CCOCC5)cc4)CC3)nn2)c1. The van der Waals surface area contributed by atoms with Crippen molar-refractivity contribution < 1.29 is 27.4 Å². The standard InChI is InChI=1S/C27H31N5O6S/c1-36-21-5-9-25(37-2)23(19-21)24-8-10-26(29-28-24)30-11-13-31(14-12-30)27(33)20-3-6-22(7-4-20)39(34,35)32-15-17-38-18-16-32/h3-10,19H,11-18H2,1-2H3. The molecule has 2 aliphatic heterocycles. The van der Waals surface area contributed by atoms with Crippen LogP contribution in [0, 0.1) is 0 Å². The van der Waals surface area contributed by atoms with Crippen LogP contribution in [-0.2, 0) is 14.8 Å². The number of piperazine rings is 1. The van der Waals surface area contributed by atoms with Crippen LogP contribution in [0.25, 0.3) is 11.3 Å². The molecule has 0 bridgehead atoms. The zero-order valence-corrected chi connectivity index (χ0v) is 22.8. The van der Waals surface area contributed by atoms with E-state index in [0.717, 1.165) is 11.4 Å². The highest BCUT2D eigenvalue weighted by molar-refractivity contribution is 7.89. The fraction of sp³-hybridized carbons (Fsp3) is 0.370. The Labute approximate surface area is 227 Å². The average molecular weight is 554 g/mol. The number of carbonyl (C=O) groups excluding carboxylic acids is 1. The van der Waals surface area contributed by atoms with Gasteiger partial charge in [-0.2, -0.15) is 4.31 Å². The fourth-order valence-electron chi connectivity index (χ4n) is 4.68. The quantitative estimate of drug-likeness (QED) is 0.434. The monoisotopic (exact) mass is 553 g/mol. The number of nitrogens with zero attached hydrogens (tertiary/aromatic N) is 5. The normalized spacial score (nSPS) is 16.7. The van der Waals surface area contributed by atoms with Gasteiger partial charge in [0, 0.05) is 50.4 Å². The predicted octanol–water partition coefficient (Wildman–Crippen LogP) is 2.14. The number of hydrogen-bond acceptors (Lipinski definition) is 9. The highest BCUT2D eigenvalue weighted by Crippen LogP contribution is 2.32. The van der Waals surface area contributed by atoms with Gasteiger partial charge in [-0.3, -0.25) is 4.79 Å². The largest absolute Gasteiger partial charge is 0.497 e. The summed E-state index contributed by atoms with van der Waals surface area (Å²) in [6, 6.07) is 15.5. The molecule has 39 heavy (non-hydrogen) atoms. The van der Waals surface area contributed by atoms with Crippen molar-refractivity contribution >= 4 is 21.7 Å². The van der Waals surface area contributed by atoms with Gasteiger partial charge >= 0.3 is 0 Å². The summed E-state index contributed by atoms with van der Waals surface area (Å²) in [5.41, 5.74) is 1.92. The van der Waals surface area contributed by atoms with Gasteiger partial charge in [-0.05, 0) is 54.6 Å². The van der Waals surface area contributed by atoms with Crippen molar-refractivity contribution in [1.82, 2.24) is 19.4 Å². The third-order valence-corrected chi connectivity index (χ3v) is 8.85. The molecular formula is C27H31N5O6S. The highest BCUT2D eigenvalue weighted by Gasteiger charge is 2.27. The van der Waals surface area contributed by atoms with Crippen LogP contribution < -0.4 is 14.4 Å². The molecule has 0 unspecified atom stereocenters. The van der Waals surface area contributed by atoms with E-state index in [4.69, 9.17) is 14.2 Å². The average Bonchev–Trinajstić information content (AvgIpc) is 3.01. The smallest absolute Gasteiger partial charge is 0.253 e. The molecule has 3 aromatic rings. The first kappa shape index (κ1) is 26.9. The second kappa shape index (κ2) is 11.6. The van der Waals surface area contributed by atoms with Crippen LogP contribution in [0.5, 0.6) is 11.5 Å². The van der Waals surface area contributed by atoms with E-state index in [9.17, 15) is 13.2 Å². The maximum atomic E-state index is 13.1. The molecule has 11 nitrogen and oxygen atoms in total. The van der Waals surface area contributed by atoms with Gasteiger partial charge in [0.1, 0.15) is 11.5 Å². The molecule has 3 heterocycles. The fourth-order valence-corrected chi connectivity index (χ4v) is 6.09. The number of ether oxygens (including phenoxy) is 3. The van der Waals surface area contributed by atoms with Crippen LogP contribution in [0.2, 0.25) is 0 Å². The lowest BCUT2D eigenvalue weighted by Crippen LogP contribution is -2.49. The molecule has 206 valence electrons. The lowest BCUT2D eigenvalue weighted by molar-refractivity contribution is 0.0730. The summed E-state index contributed by atoms with van der Waals surface area (Å²) in [5.74, 6) is 1.98. The molecule has 2 saturated heterocycles.